The van der Waals surface area contributed by atoms with Crippen molar-refractivity contribution in [1.29, 1.82) is 0 Å². The minimum Gasteiger partial charge on any atom is -0.463 e. The van der Waals surface area contributed by atoms with Crippen molar-refractivity contribution in [2.24, 2.45) is 0 Å². The molecule has 2 aromatic heterocycles. The molecule has 0 fully saturated rings. The molecule has 5 nitrogen and oxygen atoms in total. The summed E-state index contributed by atoms with van der Waals surface area (Å²) < 4.78 is 5.58. The summed E-state index contributed by atoms with van der Waals surface area (Å²) in [6.07, 6.45) is 16.2. The summed E-state index contributed by atoms with van der Waals surface area (Å²) in [5, 5.41) is 8.26. The Morgan fingerprint density at radius 2 is 1.70 bits per heavy atom. The maximum Gasteiger partial charge on any atom is 0.302 e. The van der Waals surface area contributed by atoms with E-state index in [9.17, 15) is 4.79 Å². The summed E-state index contributed by atoms with van der Waals surface area (Å²) >= 11 is 3.18. The van der Waals surface area contributed by atoms with Gasteiger partial charge in [0.25, 0.3) is 0 Å². The number of nitrogens with one attached hydrogen (secondary N) is 1. The van der Waals surface area contributed by atoms with Gasteiger partial charge in [-0.25, -0.2) is 4.98 Å². The first-order chi connectivity index (χ1) is 16.1. The van der Waals surface area contributed by atoms with Crippen LogP contribution in [0.1, 0.15) is 103 Å². The zero-order valence-corrected chi connectivity index (χ0v) is 22.2. The molecule has 1 unspecified atom stereocenters. The molecule has 3 N–H and O–H groups in total. The normalized spacial score (nSPS) is 12.2. The van der Waals surface area contributed by atoms with Crippen LogP contribution in [-0.2, 0) is 16.1 Å². The molecule has 1 atom stereocenters. The van der Waals surface area contributed by atoms with Crippen LogP contribution in [0.4, 0.5) is 5.13 Å². The van der Waals surface area contributed by atoms with Crippen LogP contribution in [0.3, 0.4) is 0 Å². The first kappa shape index (κ1) is 27.8. The number of anilines is 1. The quantitative estimate of drug-likeness (QED) is 0.156. The summed E-state index contributed by atoms with van der Waals surface area (Å²) in [4.78, 5) is 17.1. The fourth-order valence-corrected chi connectivity index (χ4v) is 5.64. The fraction of sp³-hybridized carbons (Fsp3) is 0.692. The van der Waals surface area contributed by atoms with Gasteiger partial charge in [-0.05, 0) is 49.2 Å². The molecule has 0 saturated carbocycles. The Labute approximate surface area is 208 Å². The summed E-state index contributed by atoms with van der Waals surface area (Å²) in [5.41, 5.74) is 8.01. The molecule has 0 aromatic carbocycles. The lowest BCUT2D eigenvalue weighted by molar-refractivity contribution is -0.147. The lowest BCUT2D eigenvalue weighted by Crippen LogP contribution is -2.20. The number of hydrogen-bond acceptors (Lipinski definition) is 7. The molecule has 186 valence electrons. The van der Waals surface area contributed by atoms with Crippen molar-refractivity contribution in [3.63, 3.8) is 0 Å². The third-order valence-electron chi connectivity index (χ3n) is 5.91. The largest absolute Gasteiger partial charge is 0.463 e. The van der Waals surface area contributed by atoms with Crippen molar-refractivity contribution in [3.05, 3.63) is 22.4 Å². The van der Waals surface area contributed by atoms with Gasteiger partial charge >= 0.3 is 5.97 Å². The molecule has 0 saturated heterocycles. The summed E-state index contributed by atoms with van der Waals surface area (Å²) in [6, 6.07) is 2.15. The molecule has 7 heteroatoms. The summed E-state index contributed by atoms with van der Waals surface area (Å²) in [6.45, 7) is 5.51. The van der Waals surface area contributed by atoms with Crippen LogP contribution in [0.15, 0.2) is 16.8 Å². The van der Waals surface area contributed by atoms with Crippen molar-refractivity contribution in [2.75, 3.05) is 12.3 Å². The van der Waals surface area contributed by atoms with Gasteiger partial charge in [0, 0.05) is 18.8 Å². The Bertz CT molecular complexity index is 775. The monoisotopic (exact) mass is 493 g/mol. The van der Waals surface area contributed by atoms with E-state index in [0.717, 1.165) is 44.5 Å². The Hall–Kier alpha value is -1.44. The average molecular weight is 494 g/mol. The number of thiazole rings is 1. The van der Waals surface area contributed by atoms with Crippen LogP contribution in [-0.4, -0.2) is 23.6 Å². The highest BCUT2D eigenvalue weighted by Gasteiger charge is 2.13. The van der Waals surface area contributed by atoms with E-state index < -0.39 is 0 Å². The molecule has 0 radical (unpaired) electrons. The van der Waals surface area contributed by atoms with Crippen molar-refractivity contribution in [2.45, 2.75) is 110 Å². The number of nitrogens with two attached hydrogens (primary N) is 1. The number of nitrogens with zero attached hydrogens (tertiary/aromatic N) is 1. The van der Waals surface area contributed by atoms with Crippen LogP contribution < -0.4 is 11.1 Å². The third-order valence-corrected chi connectivity index (χ3v) is 7.56. The number of nitrogen functional groups attached to an aromatic ring is 1. The first-order valence-electron chi connectivity index (χ1n) is 12.8. The fourth-order valence-electron chi connectivity index (χ4n) is 4.13. The van der Waals surface area contributed by atoms with Crippen molar-refractivity contribution >= 4 is 33.8 Å². The van der Waals surface area contributed by atoms with E-state index in [4.69, 9.17) is 10.5 Å². The number of carbonyl (C=O) groups is 1. The number of hydrogen-bond donors (Lipinski definition) is 2. The highest BCUT2D eigenvalue weighted by atomic mass is 32.1. The van der Waals surface area contributed by atoms with Gasteiger partial charge in [0.15, 0.2) is 5.13 Å². The lowest BCUT2D eigenvalue weighted by atomic mass is 10.0. The lowest BCUT2D eigenvalue weighted by Gasteiger charge is -2.17. The van der Waals surface area contributed by atoms with Crippen LogP contribution in [0.25, 0.3) is 10.6 Å². The third kappa shape index (κ3) is 12.0. The van der Waals surface area contributed by atoms with Gasteiger partial charge < -0.3 is 15.8 Å². The van der Waals surface area contributed by atoms with Gasteiger partial charge in [0.05, 0.1) is 10.6 Å². The zero-order valence-electron chi connectivity index (χ0n) is 20.6. The molecule has 0 amide bonds. The van der Waals surface area contributed by atoms with E-state index in [1.807, 2.05) is 5.38 Å². The Kier molecular flexibility index (Phi) is 14.4. The van der Waals surface area contributed by atoms with Crippen LogP contribution in [0.2, 0.25) is 0 Å². The molecule has 0 spiro atoms. The van der Waals surface area contributed by atoms with Crippen LogP contribution in [0.5, 0.6) is 0 Å². The first-order valence-corrected chi connectivity index (χ1v) is 14.5. The SMILES string of the molecule is CCCCCCCCCCCCC(CCCNCc1ccsc1-c1csc(N)n1)OC(C)=O. The van der Waals surface area contributed by atoms with Gasteiger partial charge in [-0.2, -0.15) is 0 Å². The van der Waals surface area contributed by atoms with E-state index in [1.165, 1.54) is 86.5 Å². The molecule has 2 heterocycles. The molecule has 33 heavy (non-hydrogen) atoms. The van der Waals surface area contributed by atoms with E-state index in [0.29, 0.717) is 5.13 Å². The molecule has 2 rings (SSSR count). The maximum atomic E-state index is 11.5. The molecular formula is C26H43N3O2S2. The van der Waals surface area contributed by atoms with E-state index in [2.05, 4.69) is 28.7 Å². The molecule has 2 aromatic rings. The molecular weight excluding hydrogens is 450 g/mol. The predicted molar refractivity (Wildman–Crippen MR) is 143 cm³/mol. The van der Waals surface area contributed by atoms with Gasteiger partial charge in [-0.3, -0.25) is 4.79 Å². The molecule has 0 aliphatic carbocycles. The number of unbranched alkanes of at least 4 members (excludes halogenated alkanes) is 9. The zero-order chi connectivity index (χ0) is 23.7. The Balaban J connectivity index is 1.57. The molecule has 0 aliphatic heterocycles. The topological polar surface area (TPSA) is 77.2 Å². The number of thiophene rings is 1. The second kappa shape index (κ2) is 17.1. The van der Waals surface area contributed by atoms with Gasteiger partial charge in [0.1, 0.15) is 6.10 Å². The second-order valence-corrected chi connectivity index (χ2v) is 10.7. The van der Waals surface area contributed by atoms with Gasteiger partial charge in [-0.1, -0.05) is 64.7 Å². The van der Waals surface area contributed by atoms with E-state index in [-0.39, 0.29) is 12.1 Å². The van der Waals surface area contributed by atoms with E-state index in [1.54, 1.807) is 11.3 Å². The van der Waals surface area contributed by atoms with Crippen LogP contribution in [0, 0.1) is 0 Å². The smallest absolute Gasteiger partial charge is 0.302 e. The predicted octanol–water partition coefficient (Wildman–Crippen LogP) is 7.57. The average Bonchev–Trinajstić information content (AvgIpc) is 3.42. The summed E-state index contributed by atoms with van der Waals surface area (Å²) in [5.74, 6) is -0.162. The molecule has 0 aliphatic rings. The number of carbonyl (C=O) groups excluding carboxylic acids is 1. The number of esters is 1. The van der Waals surface area contributed by atoms with Crippen molar-refractivity contribution in [1.82, 2.24) is 10.3 Å². The number of rotatable bonds is 19. The van der Waals surface area contributed by atoms with Crippen LogP contribution >= 0.6 is 22.7 Å². The number of ether oxygens (including phenoxy) is 1. The minimum atomic E-state index is -0.162. The molecule has 0 bridgehead atoms. The Morgan fingerprint density at radius 1 is 1.03 bits per heavy atom. The van der Waals surface area contributed by atoms with Gasteiger partial charge in [0.2, 0.25) is 0 Å². The highest BCUT2D eigenvalue weighted by Crippen LogP contribution is 2.31. The van der Waals surface area contributed by atoms with Gasteiger partial charge in [-0.15, -0.1) is 22.7 Å². The summed E-state index contributed by atoms with van der Waals surface area (Å²) in [7, 11) is 0. The number of aromatic nitrogens is 1. The van der Waals surface area contributed by atoms with Crippen molar-refractivity contribution < 1.29 is 9.53 Å². The minimum absolute atomic E-state index is 0.0491. The standard InChI is InChI=1S/C26H43N3O2S2/c1-3-4-5-6-7-8-9-10-11-12-14-23(31-21(2)30)15-13-17-28-19-22-16-18-32-25(22)24-20-33-26(27)29-24/h16,18,20,23,28H,3-15,17,19H2,1-2H3,(H2,27,29). The highest BCUT2D eigenvalue weighted by molar-refractivity contribution is 7.15. The second-order valence-electron chi connectivity index (χ2n) is 8.87. The van der Waals surface area contributed by atoms with E-state index >= 15 is 0 Å². The Morgan fingerprint density at radius 3 is 2.33 bits per heavy atom. The maximum absolute atomic E-state index is 11.5. The van der Waals surface area contributed by atoms with Crippen molar-refractivity contribution in [3.8, 4) is 10.6 Å².